The Hall–Kier alpha value is -3.30. The van der Waals surface area contributed by atoms with Gasteiger partial charge in [0, 0.05) is 58.5 Å². The number of rotatable bonds is 6. The quantitative estimate of drug-likeness (QED) is 0.601. The molecule has 0 saturated carbocycles. The highest BCUT2D eigenvalue weighted by Gasteiger charge is 2.27. The molecule has 1 atom stereocenters. The van der Waals surface area contributed by atoms with Crippen molar-refractivity contribution in [2.24, 2.45) is 0 Å². The number of amides is 2. The lowest BCUT2D eigenvalue weighted by Gasteiger charge is -2.38. The molecule has 2 aromatic rings. The molecule has 0 radical (unpaired) electrons. The summed E-state index contributed by atoms with van der Waals surface area (Å²) in [4.78, 5) is 32.1. The number of ether oxygens (including phenoxy) is 2. The largest absolute Gasteiger partial charge is 0.454 e. The van der Waals surface area contributed by atoms with Gasteiger partial charge in [-0.3, -0.25) is 14.5 Å². The van der Waals surface area contributed by atoms with Crippen LogP contribution < -0.4 is 25.0 Å². The van der Waals surface area contributed by atoms with E-state index in [-0.39, 0.29) is 19.4 Å². The van der Waals surface area contributed by atoms with Crippen LogP contribution in [0.25, 0.3) is 0 Å². The summed E-state index contributed by atoms with van der Waals surface area (Å²) in [6.45, 7) is 5.65. The minimum Gasteiger partial charge on any atom is -0.454 e. The number of hydrogen-bond acceptors (Lipinski definition) is 7. The Kier molecular flexibility index (Phi) is 6.79. The molecule has 0 aliphatic carbocycles. The molecule has 0 aromatic heterocycles. The van der Waals surface area contributed by atoms with Crippen molar-refractivity contribution in [1.29, 1.82) is 0 Å². The van der Waals surface area contributed by atoms with Crippen molar-refractivity contribution in [1.82, 2.24) is 20.4 Å². The highest BCUT2D eigenvalue weighted by atomic mass is 16.7. The molecule has 2 N–H and O–H groups in total. The van der Waals surface area contributed by atoms with Crippen LogP contribution in [0.4, 0.5) is 5.69 Å². The third-order valence-electron chi connectivity index (χ3n) is 7.15. The van der Waals surface area contributed by atoms with Gasteiger partial charge in [-0.2, -0.15) is 0 Å². The monoisotopic (exact) mass is 479 g/mol. The molecule has 3 heterocycles. The van der Waals surface area contributed by atoms with Crippen LogP contribution in [0.15, 0.2) is 36.4 Å². The standard InChI is InChI=1S/C26H33N5O4/c1-29-9-11-31(12-10-29)22(19-4-5-21-20(14-19)7-8-30(21)2)16-28-26(33)25(32)27-15-18-3-6-23-24(13-18)35-17-34-23/h3-6,13-14,22H,7-12,15-17H2,1-2H3,(H,27,32)(H,28,33)/t22-/m0/s1. The van der Waals surface area contributed by atoms with E-state index in [0.29, 0.717) is 18.0 Å². The Balaban J connectivity index is 1.21. The second kappa shape index (κ2) is 10.1. The Morgan fingerprint density at radius 3 is 2.51 bits per heavy atom. The van der Waals surface area contributed by atoms with E-state index in [1.54, 1.807) is 6.07 Å². The fourth-order valence-corrected chi connectivity index (χ4v) is 4.97. The molecule has 35 heavy (non-hydrogen) atoms. The van der Waals surface area contributed by atoms with E-state index in [1.165, 1.54) is 16.8 Å². The van der Waals surface area contributed by atoms with Crippen molar-refractivity contribution < 1.29 is 19.1 Å². The summed E-state index contributed by atoms with van der Waals surface area (Å²) in [6, 6.07) is 12.1. The normalized spacial score (nSPS) is 18.3. The first-order valence-electron chi connectivity index (χ1n) is 12.2. The van der Waals surface area contributed by atoms with E-state index >= 15 is 0 Å². The molecular weight excluding hydrogens is 446 g/mol. The zero-order valence-corrected chi connectivity index (χ0v) is 20.4. The maximum atomic E-state index is 12.7. The molecule has 0 spiro atoms. The average Bonchev–Trinajstić information content (AvgIpc) is 3.49. The number of nitrogens with one attached hydrogen (secondary N) is 2. The van der Waals surface area contributed by atoms with Gasteiger partial charge in [-0.05, 0) is 48.4 Å². The molecule has 9 heteroatoms. The van der Waals surface area contributed by atoms with Crippen LogP contribution in [0.5, 0.6) is 11.5 Å². The molecular formula is C26H33N5O4. The molecule has 3 aliphatic rings. The van der Waals surface area contributed by atoms with Gasteiger partial charge in [-0.15, -0.1) is 0 Å². The molecule has 2 amide bonds. The maximum absolute atomic E-state index is 12.7. The van der Waals surface area contributed by atoms with Gasteiger partial charge < -0.3 is 29.9 Å². The predicted octanol–water partition coefficient (Wildman–Crippen LogP) is 1.13. The lowest BCUT2D eigenvalue weighted by Crippen LogP contribution is -2.49. The van der Waals surface area contributed by atoms with Gasteiger partial charge in [0.05, 0.1) is 6.04 Å². The SMILES string of the molecule is CN1CCN([C@@H](CNC(=O)C(=O)NCc2ccc3c(c2)OCO3)c2ccc3c(c2)CCN3C)CC1. The average molecular weight is 480 g/mol. The first-order valence-corrected chi connectivity index (χ1v) is 12.2. The molecule has 1 saturated heterocycles. The smallest absolute Gasteiger partial charge is 0.309 e. The molecule has 9 nitrogen and oxygen atoms in total. The number of fused-ring (bicyclic) bond motifs is 2. The number of anilines is 1. The topological polar surface area (TPSA) is 86.4 Å². The molecule has 2 aromatic carbocycles. The summed E-state index contributed by atoms with van der Waals surface area (Å²) in [7, 11) is 4.25. The lowest BCUT2D eigenvalue weighted by atomic mass is 10.00. The number of benzene rings is 2. The summed E-state index contributed by atoms with van der Waals surface area (Å²) in [5.41, 5.74) is 4.65. The van der Waals surface area contributed by atoms with E-state index in [9.17, 15) is 9.59 Å². The number of nitrogens with zero attached hydrogens (tertiary/aromatic N) is 3. The zero-order valence-electron chi connectivity index (χ0n) is 20.4. The summed E-state index contributed by atoms with van der Waals surface area (Å²) in [5, 5.41) is 5.59. The van der Waals surface area contributed by atoms with E-state index in [1.807, 2.05) is 12.1 Å². The van der Waals surface area contributed by atoms with Crippen molar-refractivity contribution in [3.05, 3.63) is 53.1 Å². The summed E-state index contributed by atoms with van der Waals surface area (Å²) in [6.07, 6.45) is 1.03. The minimum absolute atomic E-state index is 0.0190. The number of carbonyl (C=O) groups excluding carboxylic acids is 2. The van der Waals surface area contributed by atoms with Gasteiger partial charge in [-0.25, -0.2) is 0 Å². The van der Waals surface area contributed by atoms with Gasteiger partial charge >= 0.3 is 11.8 Å². The van der Waals surface area contributed by atoms with E-state index in [4.69, 9.17) is 9.47 Å². The fraction of sp³-hybridized carbons (Fsp3) is 0.462. The fourth-order valence-electron chi connectivity index (χ4n) is 4.97. The van der Waals surface area contributed by atoms with Crippen molar-refractivity contribution in [2.75, 3.05) is 65.1 Å². The van der Waals surface area contributed by atoms with Crippen molar-refractivity contribution in [3.8, 4) is 11.5 Å². The third kappa shape index (κ3) is 5.21. The van der Waals surface area contributed by atoms with E-state index in [0.717, 1.165) is 44.7 Å². The highest BCUT2D eigenvalue weighted by molar-refractivity contribution is 6.35. The zero-order chi connectivity index (χ0) is 24.4. The number of piperazine rings is 1. The first kappa shape index (κ1) is 23.4. The molecule has 186 valence electrons. The van der Waals surface area contributed by atoms with Gasteiger partial charge in [0.1, 0.15) is 0 Å². The maximum Gasteiger partial charge on any atom is 0.309 e. The second-order valence-corrected chi connectivity index (χ2v) is 9.50. The van der Waals surface area contributed by atoms with Crippen LogP contribution in [-0.2, 0) is 22.6 Å². The van der Waals surface area contributed by atoms with Gasteiger partial charge in [0.2, 0.25) is 6.79 Å². The number of carbonyl (C=O) groups is 2. The van der Waals surface area contributed by atoms with Crippen LogP contribution >= 0.6 is 0 Å². The predicted molar refractivity (Wildman–Crippen MR) is 133 cm³/mol. The number of hydrogen-bond donors (Lipinski definition) is 2. The Labute approximate surface area is 206 Å². The minimum atomic E-state index is -0.643. The van der Waals surface area contributed by atoms with Crippen molar-refractivity contribution in [2.45, 2.75) is 19.0 Å². The molecule has 3 aliphatic heterocycles. The molecule has 1 fully saturated rings. The highest BCUT2D eigenvalue weighted by Crippen LogP contribution is 2.33. The van der Waals surface area contributed by atoms with Crippen LogP contribution in [0.3, 0.4) is 0 Å². The summed E-state index contributed by atoms with van der Waals surface area (Å²) < 4.78 is 10.7. The van der Waals surface area contributed by atoms with E-state index < -0.39 is 11.8 Å². The van der Waals surface area contributed by atoms with Crippen LogP contribution in [0.1, 0.15) is 22.7 Å². The van der Waals surface area contributed by atoms with Crippen LogP contribution in [0.2, 0.25) is 0 Å². The second-order valence-electron chi connectivity index (χ2n) is 9.50. The van der Waals surface area contributed by atoms with E-state index in [2.05, 4.69) is 57.6 Å². The molecule has 0 bridgehead atoms. The van der Waals surface area contributed by atoms with Crippen molar-refractivity contribution in [3.63, 3.8) is 0 Å². The van der Waals surface area contributed by atoms with Gasteiger partial charge in [0.25, 0.3) is 0 Å². The van der Waals surface area contributed by atoms with Gasteiger partial charge in [-0.1, -0.05) is 18.2 Å². The number of likely N-dealkylation sites (N-methyl/N-ethyl adjacent to an activating group) is 2. The van der Waals surface area contributed by atoms with Crippen LogP contribution in [0, 0.1) is 0 Å². The Morgan fingerprint density at radius 2 is 1.69 bits per heavy atom. The van der Waals surface area contributed by atoms with Crippen molar-refractivity contribution >= 4 is 17.5 Å². The van der Waals surface area contributed by atoms with Gasteiger partial charge in [0.15, 0.2) is 11.5 Å². The lowest BCUT2D eigenvalue weighted by molar-refractivity contribution is -0.139. The third-order valence-corrected chi connectivity index (χ3v) is 7.15. The Bertz CT molecular complexity index is 1100. The summed E-state index contributed by atoms with van der Waals surface area (Å²) >= 11 is 0. The molecule has 5 rings (SSSR count). The first-order chi connectivity index (χ1) is 17.0. The Morgan fingerprint density at radius 1 is 0.914 bits per heavy atom. The summed E-state index contributed by atoms with van der Waals surface area (Å²) in [5.74, 6) is 0.0730. The molecule has 0 unspecified atom stereocenters. The van der Waals surface area contributed by atoms with Crippen LogP contribution in [-0.4, -0.2) is 81.8 Å².